The quantitative estimate of drug-likeness (QED) is 0.777. The van der Waals surface area contributed by atoms with Gasteiger partial charge in [0.2, 0.25) is 0 Å². The van der Waals surface area contributed by atoms with Crippen molar-refractivity contribution in [3.8, 4) is 0 Å². The lowest BCUT2D eigenvalue weighted by molar-refractivity contribution is 0.110. The van der Waals surface area contributed by atoms with Crippen LogP contribution in [0.5, 0.6) is 0 Å². The van der Waals surface area contributed by atoms with Gasteiger partial charge in [0.1, 0.15) is 5.00 Å². The number of aliphatic hydroxyl groups is 1. The summed E-state index contributed by atoms with van der Waals surface area (Å²) in [5.74, 6) is 0. The number of halogens is 2. The van der Waals surface area contributed by atoms with Crippen molar-refractivity contribution >= 4 is 53.0 Å². The lowest BCUT2D eigenvalue weighted by Crippen LogP contribution is -2.52. The van der Waals surface area contributed by atoms with Gasteiger partial charge in [-0.15, -0.1) is 36.2 Å². The molecule has 2 N–H and O–H groups in total. The average molecular weight is 429 g/mol. The number of likely N-dealkylation sites (N-methyl/N-ethyl adjacent to an activating group) is 1. The van der Waals surface area contributed by atoms with Gasteiger partial charge < -0.3 is 15.3 Å². The summed E-state index contributed by atoms with van der Waals surface area (Å²) < 4.78 is 0. The number of nitrogens with zero attached hydrogens (tertiary/aromatic N) is 3. The summed E-state index contributed by atoms with van der Waals surface area (Å²) in [5.41, 5.74) is 2.45. The van der Waals surface area contributed by atoms with E-state index in [0.717, 1.165) is 36.6 Å². The summed E-state index contributed by atoms with van der Waals surface area (Å²) in [7, 11) is 2.15. The number of rotatable bonds is 3. The Balaban J connectivity index is 0.00000131. The molecule has 148 valence electrons. The number of thiophene rings is 1. The topological polar surface area (TPSA) is 51.6 Å². The monoisotopic (exact) mass is 428 g/mol. The zero-order valence-corrected chi connectivity index (χ0v) is 18.0. The Kier molecular flexibility index (Phi) is 7.54. The third-order valence-electron chi connectivity index (χ3n) is 5.09. The van der Waals surface area contributed by atoms with E-state index < -0.39 is 0 Å². The molecule has 0 spiro atoms. The van der Waals surface area contributed by atoms with E-state index in [1.54, 1.807) is 11.3 Å². The van der Waals surface area contributed by atoms with Crippen LogP contribution in [0.25, 0.3) is 11.9 Å². The lowest BCUT2D eigenvalue weighted by atomic mass is 10.1. The fraction of sp³-hybridized carbons (Fsp3) is 0.421. The van der Waals surface area contributed by atoms with Crippen LogP contribution in [0.4, 0.5) is 5.00 Å². The van der Waals surface area contributed by atoms with Crippen LogP contribution >= 0.6 is 36.2 Å². The number of hydrogen-bond donors (Lipinski definition) is 2. The predicted molar refractivity (Wildman–Crippen MR) is 117 cm³/mol. The molecule has 2 aromatic heterocycles. The van der Waals surface area contributed by atoms with Gasteiger partial charge in [0, 0.05) is 60.3 Å². The van der Waals surface area contributed by atoms with Crippen molar-refractivity contribution in [1.29, 1.82) is 0 Å². The van der Waals surface area contributed by atoms with Crippen LogP contribution in [0, 0.1) is 6.92 Å². The number of aromatic nitrogens is 1. The number of anilines is 1. The van der Waals surface area contributed by atoms with Crippen LogP contribution in [-0.4, -0.2) is 59.2 Å². The summed E-state index contributed by atoms with van der Waals surface area (Å²) in [6.45, 7) is 5.25. The number of piperazine rings is 1. The molecule has 4 rings (SSSR count). The Labute approximate surface area is 176 Å². The van der Waals surface area contributed by atoms with Crippen molar-refractivity contribution in [2.45, 2.75) is 19.4 Å². The number of pyridine rings is 1. The van der Waals surface area contributed by atoms with Gasteiger partial charge in [0.25, 0.3) is 0 Å². The molecule has 1 fully saturated rings. The number of aryl methyl sites for hydroxylation is 1. The Hall–Kier alpha value is -1.31. The number of nitrogens with one attached hydrogen (secondary N) is 1. The minimum absolute atomic E-state index is 0. The highest BCUT2D eigenvalue weighted by Crippen LogP contribution is 2.34. The minimum Gasteiger partial charge on any atom is -0.396 e. The van der Waals surface area contributed by atoms with Gasteiger partial charge >= 0.3 is 0 Å². The third-order valence-corrected chi connectivity index (χ3v) is 6.07. The van der Waals surface area contributed by atoms with Gasteiger partial charge in [-0.2, -0.15) is 0 Å². The van der Waals surface area contributed by atoms with Crippen molar-refractivity contribution in [3.05, 3.63) is 45.4 Å². The Morgan fingerprint density at radius 2 is 2.15 bits per heavy atom. The number of aliphatic hydroxyl groups excluding tert-OH is 1. The highest BCUT2D eigenvalue weighted by molar-refractivity contribution is 7.16. The maximum absolute atomic E-state index is 9.42. The molecule has 1 unspecified atom stereocenters. The molecule has 2 aliphatic rings. The van der Waals surface area contributed by atoms with E-state index in [0.29, 0.717) is 6.04 Å². The van der Waals surface area contributed by atoms with E-state index >= 15 is 0 Å². The largest absolute Gasteiger partial charge is 0.396 e. The fourth-order valence-electron chi connectivity index (χ4n) is 3.73. The van der Waals surface area contributed by atoms with Crippen LogP contribution < -0.4 is 15.9 Å². The molecule has 0 bridgehead atoms. The first-order valence-corrected chi connectivity index (χ1v) is 9.58. The molecular weight excluding hydrogens is 403 g/mol. The number of fused-ring (bicyclic) bond motifs is 2. The van der Waals surface area contributed by atoms with Gasteiger partial charge in [0.05, 0.1) is 11.0 Å². The van der Waals surface area contributed by atoms with Crippen molar-refractivity contribution in [3.63, 3.8) is 0 Å². The van der Waals surface area contributed by atoms with Crippen LogP contribution in [0.15, 0.2) is 24.4 Å². The zero-order valence-electron chi connectivity index (χ0n) is 15.5. The third kappa shape index (κ3) is 4.25. The lowest BCUT2D eigenvalue weighted by Gasteiger charge is -2.41. The molecule has 1 saturated heterocycles. The molecule has 4 heterocycles. The van der Waals surface area contributed by atoms with Gasteiger partial charge in [-0.1, -0.05) is 0 Å². The molecule has 1 atom stereocenters. The first-order valence-electron chi connectivity index (χ1n) is 8.76. The van der Waals surface area contributed by atoms with Crippen LogP contribution in [0.3, 0.4) is 0 Å². The van der Waals surface area contributed by atoms with Crippen molar-refractivity contribution in [1.82, 2.24) is 14.8 Å². The second kappa shape index (κ2) is 9.26. The fourth-order valence-corrected chi connectivity index (χ4v) is 4.61. The van der Waals surface area contributed by atoms with Crippen LogP contribution in [0.2, 0.25) is 0 Å². The second-order valence-electron chi connectivity index (χ2n) is 6.77. The van der Waals surface area contributed by atoms with Crippen LogP contribution in [-0.2, 0) is 0 Å². The first-order chi connectivity index (χ1) is 12.2. The molecule has 5 nitrogen and oxygen atoms in total. The van der Waals surface area contributed by atoms with Crippen LogP contribution in [0.1, 0.15) is 16.9 Å². The van der Waals surface area contributed by atoms with E-state index in [2.05, 4.69) is 47.4 Å². The summed E-state index contributed by atoms with van der Waals surface area (Å²) >= 11 is 1.79. The first kappa shape index (κ1) is 22.0. The molecule has 2 aliphatic heterocycles. The van der Waals surface area contributed by atoms with E-state index in [4.69, 9.17) is 4.98 Å². The van der Waals surface area contributed by atoms with Crippen molar-refractivity contribution in [2.24, 2.45) is 0 Å². The van der Waals surface area contributed by atoms with E-state index in [9.17, 15) is 5.11 Å². The summed E-state index contributed by atoms with van der Waals surface area (Å²) in [6.07, 6.45) is 4.73. The molecule has 27 heavy (non-hydrogen) atoms. The van der Waals surface area contributed by atoms with Gasteiger partial charge in [-0.25, -0.2) is 0 Å². The molecule has 0 radical (unpaired) electrons. The maximum Gasteiger partial charge on any atom is 0.102 e. The summed E-state index contributed by atoms with van der Waals surface area (Å²) in [5, 5.41) is 16.2. The Morgan fingerprint density at radius 1 is 1.33 bits per heavy atom. The number of hydrogen-bond acceptors (Lipinski definition) is 6. The zero-order chi connectivity index (χ0) is 17.4. The standard InChI is InChI=1S/C19H24N4OS.2ClH/c1-13-10-16-18(23-8-7-22(2)15(12-23)5-9-24)17-14(4-3-6-20-17)11-21-19(16)25-13;;/h3-4,6,10-11,15,21,24H,5,7-9,12H2,1-2H3;2*1H. The normalized spacial score (nSPS) is 18.9. The van der Waals surface area contributed by atoms with Crippen molar-refractivity contribution in [2.75, 3.05) is 38.6 Å². The van der Waals surface area contributed by atoms with Gasteiger partial charge in [-0.3, -0.25) is 9.88 Å². The average Bonchev–Trinajstić information content (AvgIpc) is 2.90. The van der Waals surface area contributed by atoms with Crippen molar-refractivity contribution < 1.29 is 5.11 Å². The van der Waals surface area contributed by atoms with Gasteiger partial charge in [0.15, 0.2) is 0 Å². The molecule has 0 aliphatic carbocycles. The highest BCUT2D eigenvalue weighted by Gasteiger charge is 2.28. The highest BCUT2D eigenvalue weighted by atomic mass is 35.5. The van der Waals surface area contributed by atoms with E-state index in [-0.39, 0.29) is 31.4 Å². The molecule has 2 aromatic rings. The predicted octanol–water partition coefficient (Wildman–Crippen LogP) is 1.61. The minimum atomic E-state index is 0. The molecule has 0 amide bonds. The second-order valence-corrected chi connectivity index (χ2v) is 8.03. The maximum atomic E-state index is 9.42. The van der Waals surface area contributed by atoms with Gasteiger partial charge in [-0.05, 0) is 38.6 Å². The molecule has 8 heteroatoms. The SMILES string of the molecule is Cc1cc2c(s1)NC=c1cccnc1=C2N1CCN(C)C(CCO)C1.Cl.Cl. The Morgan fingerprint density at radius 3 is 2.93 bits per heavy atom. The Bertz CT molecular complexity index is 901. The molecule has 0 saturated carbocycles. The van der Waals surface area contributed by atoms with E-state index in [1.807, 2.05) is 12.3 Å². The molecule has 0 aromatic carbocycles. The summed E-state index contributed by atoms with van der Waals surface area (Å²) in [4.78, 5) is 10.8. The van der Waals surface area contributed by atoms with E-state index in [1.165, 1.54) is 21.1 Å². The summed E-state index contributed by atoms with van der Waals surface area (Å²) in [6, 6.07) is 6.72. The smallest absolute Gasteiger partial charge is 0.102 e. The molecular formula is C19H26Cl2N4OS.